The zero-order valence-electron chi connectivity index (χ0n) is 18.5. The smallest absolute Gasteiger partial charge is 0.432 e. The first-order valence-electron chi connectivity index (χ1n) is 9.82. The molecule has 0 bridgehead atoms. The fourth-order valence-corrected chi connectivity index (χ4v) is 2.14. The number of carbonyl (C=O) groups excluding carboxylic acids is 4. The molecular formula is C22H22O12. The van der Waals surface area contributed by atoms with Crippen LogP contribution in [0.5, 0.6) is 0 Å². The minimum atomic E-state index is -1.29. The Kier molecular flexibility index (Phi) is 10.3. The third kappa shape index (κ3) is 9.54. The maximum absolute atomic E-state index is 11.7. The Morgan fingerprint density at radius 3 is 1.32 bits per heavy atom. The van der Waals surface area contributed by atoms with E-state index in [9.17, 15) is 19.2 Å². The van der Waals surface area contributed by atoms with Crippen LogP contribution < -0.4 is 0 Å². The molecule has 0 aliphatic rings. The van der Waals surface area contributed by atoms with Gasteiger partial charge in [0.25, 0.3) is 0 Å². The molecule has 0 heterocycles. The number of benzene rings is 2. The molecule has 182 valence electrons. The van der Waals surface area contributed by atoms with Gasteiger partial charge >= 0.3 is 24.2 Å². The summed E-state index contributed by atoms with van der Waals surface area (Å²) in [5.41, 5.74) is 2.26. The third-order valence-electron chi connectivity index (χ3n) is 3.97. The topological polar surface area (TPSA) is 142 Å². The predicted molar refractivity (Wildman–Crippen MR) is 109 cm³/mol. The van der Waals surface area contributed by atoms with Crippen molar-refractivity contribution in [1.29, 1.82) is 0 Å². The first-order chi connectivity index (χ1) is 16.2. The van der Waals surface area contributed by atoms with Crippen molar-refractivity contribution in [2.45, 2.75) is 20.8 Å². The van der Waals surface area contributed by atoms with Crippen LogP contribution in [0.25, 0.3) is 0 Å². The Morgan fingerprint density at radius 2 is 0.971 bits per heavy atom. The van der Waals surface area contributed by atoms with E-state index in [2.05, 4.69) is 29.6 Å². The van der Waals surface area contributed by atoms with Gasteiger partial charge in [0.15, 0.2) is 0 Å². The van der Waals surface area contributed by atoms with Gasteiger partial charge in [-0.25, -0.2) is 29.0 Å². The van der Waals surface area contributed by atoms with Gasteiger partial charge in [-0.05, 0) is 38.1 Å². The normalized spacial score (nSPS) is 10.2. The molecule has 12 nitrogen and oxygen atoms in total. The molecule has 0 aromatic heterocycles. The van der Waals surface area contributed by atoms with Crippen LogP contribution in [0.4, 0.5) is 9.59 Å². The third-order valence-corrected chi connectivity index (χ3v) is 3.97. The van der Waals surface area contributed by atoms with E-state index < -0.39 is 30.2 Å². The van der Waals surface area contributed by atoms with E-state index in [0.29, 0.717) is 0 Å². The van der Waals surface area contributed by atoms with Gasteiger partial charge < -0.3 is 9.47 Å². The summed E-state index contributed by atoms with van der Waals surface area (Å²) in [6, 6.07) is 12.8. The molecule has 0 saturated heterocycles. The van der Waals surface area contributed by atoms with Crippen molar-refractivity contribution >= 4 is 24.2 Å². The summed E-state index contributed by atoms with van der Waals surface area (Å²) in [4.78, 5) is 63.1. The minimum absolute atomic E-state index is 0.189. The van der Waals surface area contributed by atoms with E-state index in [0.717, 1.165) is 11.1 Å². The summed E-state index contributed by atoms with van der Waals surface area (Å²) in [5, 5.41) is 8.17. The van der Waals surface area contributed by atoms with Crippen LogP contribution in [-0.2, 0) is 39.1 Å². The van der Waals surface area contributed by atoms with Crippen molar-refractivity contribution in [2.75, 3.05) is 13.2 Å². The number of carbonyl (C=O) groups is 4. The molecule has 34 heavy (non-hydrogen) atoms. The second kappa shape index (κ2) is 13.4. The maximum Gasteiger partial charge on any atom is 0.543 e. The van der Waals surface area contributed by atoms with E-state index in [1.54, 1.807) is 31.2 Å². The number of hydrogen-bond acceptors (Lipinski definition) is 12. The van der Waals surface area contributed by atoms with E-state index in [1.807, 2.05) is 13.8 Å². The molecule has 2 aromatic carbocycles. The van der Waals surface area contributed by atoms with E-state index >= 15 is 0 Å². The number of hydrogen-bond donors (Lipinski definition) is 0. The van der Waals surface area contributed by atoms with Crippen LogP contribution in [0, 0.1) is 19.8 Å². The lowest BCUT2D eigenvalue weighted by Gasteiger charge is -2.11. The highest BCUT2D eigenvalue weighted by Gasteiger charge is 2.16. The van der Waals surface area contributed by atoms with Crippen molar-refractivity contribution in [3.8, 4) is 0 Å². The SMILES string of the molecule is Cc1ccc(C(=O)OOOC(=O)OCC(C)COC(=O)OOOC(=O)c2ccc(C)cc2)cc1. The minimum Gasteiger partial charge on any atom is -0.432 e. The number of rotatable bonds is 10. The molecule has 0 spiro atoms. The molecular weight excluding hydrogens is 456 g/mol. The predicted octanol–water partition coefficient (Wildman–Crippen LogP) is 3.95. The number of aryl methyl sites for hydroxylation is 2. The quantitative estimate of drug-likeness (QED) is 0.277. The fourth-order valence-electron chi connectivity index (χ4n) is 2.14. The Balaban J connectivity index is 1.54. The van der Waals surface area contributed by atoms with Crippen LogP contribution in [0.1, 0.15) is 38.8 Å². The summed E-state index contributed by atoms with van der Waals surface area (Å²) >= 11 is 0. The molecule has 0 aliphatic carbocycles. The molecule has 2 rings (SSSR count). The highest BCUT2D eigenvalue weighted by atomic mass is 17.5. The zero-order chi connectivity index (χ0) is 24.9. The molecule has 0 fully saturated rings. The summed E-state index contributed by atoms with van der Waals surface area (Å²) < 4.78 is 9.40. The van der Waals surface area contributed by atoms with Gasteiger partial charge in [-0.3, -0.25) is 9.78 Å². The van der Waals surface area contributed by atoms with Gasteiger partial charge in [-0.1, -0.05) is 42.3 Å². The van der Waals surface area contributed by atoms with Gasteiger partial charge in [0.05, 0.1) is 21.2 Å². The van der Waals surface area contributed by atoms with E-state index in [4.69, 9.17) is 9.47 Å². The molecule has 0 atom stereocenters. The van der Waals surface area contributed by atoms with Gasteiger partial charge in [-0.15, -0.1) is 0 Å². The van der Waals surface area contributed by atoms with Crippen LogP contribution in [0.2, 0.25) is 0 Å². The van der Waals surface area contributed by atoms with Crippen molar-refractivity contribution in [3.63, 3.8) is 0 Å². The van der Waals surface area contributed by atoms with Crippen LogP contribution in [0.15, 0.2) is 48.5 Å². The summed E-state index contributed by atoms with van der Waals surface area (Å²) in [7, 11) is 0. The summed E-state index contributed by atoms with van der Waals surface area (Å²) in [6.45, 7) is 4.77. The van der Waals surface area contributed by atoms with Crippen molar-refractivity contribution in [1.82, 2.24) is 0 Å². The first kappa shape index (κ1) is 26.1. The number of ether oxygens (including phenoxy) is 2. The van der Waals surface area contributed by atoms with Crippen LogP contribution in [-0.4, -0.2) is 37.5 Å². The Morgan fingerprint density at radius 1 is 0.618 bits per heavy atom. The van der Waals surface area contributed by atoms with E-state index in [1.165, 1.54) is 24.3 Å². The first-order valence-corrected chi connectivity index (χ1v) is 9.82. The maximum atomic E-state index is 11.7. The van der Waals surface area contributed by atoms with Crippen LogP contribution in [0.3, 0.4) is 0 Å². The zero-order valence-corrected chi connectivity index (χ0v) is 18.5. The lowest BCUT2D eigenvalue weighted by atomic mass is 10.2. The Bertz CT molecular complexity index is 889. The lowest BCUT2D eigenvalue weighted by Crippen LogP contribution is -2.20. The molecule has 12 heteroatoms. The monoisotopic (exact) mass is 478 g/mol. The Hall–Kier alpha value is -4.16. The largest absolute Gasteiger partial charge is 0.543 e. The molecule has 2 aromatic rings. The average molecular weight is 478 g/mol. The molecule has 0 radical (unpaired) electrons. The van der Waals surface area contributed by atoms with Gasteiger partial charge in [0, 0.05) is 5.92 Å². The van der Waals surface area contributed by atoms with E-state index in [-0.39, 0.29) is 24.3 Å². The second-order valence-electron chi connectivity index (χ2n) is 7.00. The van der Waals surface area contributed by atoms with Crippen molar-refractivity contribution < 1.29 is 58.3 Å². The highest BCUT2D eigenvalue weighted by molar-refractivity contribution is 5.89. The molecule has 0 aliphatic heterocycles. The van der Waals surface area contributed by atoms with Crippen molar-refractivity contribution in [2.24, 2.45) is 5.92 Å². The van der Waals surface area contributed by atoms with Crippen LogP contribution >= 0.6 is 0 Å². The molecule has 0 saturated carbocycles. The molecule has 0 unspecified atom stereocenters. The summed E-state index contributed by atoms with van der Waals surface area (Å²) in [5.74, 6) is -2.25. The van der Waals surface area contributed by atoms with Gasteiger partial charge in [0.1, 0.15) is 13.2 Å². The van der Waals surface area contributed by atoms with Crippen molar-refractivity contribution in [3.05, 3.63) is 70.8 Å². The standard InChI is InChI=1S/C22H22O12/c1-14-4-8-17(9-5-14)19(23)29-33-31-21(25)27-12-16(3)13-28-22(26)32-34-30-20(24)18-10-6-15(2)7-11-18/h4-11,16H,12-13H2,1-3H3. The highest BCUT2D eigenvalue weighted by Crippen LogP contribution is 2.07. The fraction of sp³-hybridized carbons (Fsp3) is 0.273. The van der Waals surface area contributed by atoms with Gasteiger partial charge in [0.2, 0.25) is 0 Å². The van der Waals surface area contributed by atoms with Gasteiger partial charge in [-0.2, -0.15) is 0 Å². The Labute approximate surface area is 193 Å². The summed E-state index contributed by atoms with van der Waals surface area (Å²) in [6.07, 6.45) is -2.59. The average Bonchev–Trinajstić information content (AvgIpc) is 2.82. The lowest BCUT2D eigenvalue weighted by molar-refractivity contribution is -0.452. The molecule has 0 N–H and O–H groups in total. The molecule has 0 amide bonds. The second-order valence-corrected chi connectivity index (χ2v) is 7.00.